The number of alkyl halides is 2. The van der Waals surface area contributed by atoms with Crippen LogP contribution in [0.4, 0.5) is 8.78 Å². The van der Waals surface area contributed by atoms with Crippen molar-refractivity contribution in [3.63, 3.8) is 0 Å². The maximum Gasteiger partial charge on any atom is 0.255 e. The molecule has 0 N–H and O–H groups in total. The van der Waals surface area contributed by atoms with Gasteiger partial charge in [-0.05, 0) is 38.1 Å². The molecule has 3 fully saturated rings. The summed E-state index contributed by atoms with van der Waals surface area (Å²) in [6, 6.07) is 0. The molecule has 3 aliphatic rings. The maximum absolute atomic E-state index is 13.7. The van der Waals surface area contributed by atoms with Gasteiger partial charge in [0, 0.05) is 24.0 Å². The molecule has 0 amide bonds. The van der Waals surface area contributed by atoms with Crippen molar-refractivity contribution in [2.75, 3.05) is 13.0 Å². The quantitative estimate of drug-likeness (QED) is 0.707. The van der Waals surface area contributed by atoms with Gasteiger partial charge in [0.2, 0.25) is 0 Å². The highest BCUT2D eigenvalue weighted by Gasteiger charge is 2.76. The van der Waals surface area contributed by atoms with Crippen LogP contribution < -0.4 is 0 Å². The smallest absolute Gasteiger partial charge is 0.255 e. The summed E-state index contributed by atoms with van der Waals surface area (Å²) in [7, 11) is 0. The van der Waals surface area contributed by atoms with E-state index in [0.717, 1.165) is 0 Å². The Kier molecular flexibility index (Phi) is 1.36. The van der Waals surface area contributed by atoms with Gasteiger partial charge in [-0.25, -0.2) is 8.78 Å². The topological polar surface area (TPSA) is 3.24 Å². The number of hydrogen-bond donors (Lipinski definition) is 0. The lowest BCUT2D eigenvalue weighted by Crippen LogP contribution is -2.39. The number of hydrogen-bond acceptors (Lipinski definition) is 1. The van der Waals surface area contributed by atoms with Gasteiger partial charge in [0.15, 0.2) is 0 Å². The molecule has 3 heteroatoms. The van der Waals surface area contributed by atoms with Gasteiger partial charge >= 0.3 is 0 Å². The van der Waals surface area contributed by atoms with Gasteiger partial charge in [0.1, 0.15) is 0 Å². The van der Waals surface area contributed by atoms with E-state index in [9.17, 15) is 8.78 Å². The first-order chi connectivity index (χ1) is 8.90. The molecule has 1 aliphatic carbocycles. The maximum atomic E-state index is 13.7. The van der Waals surface area contributed by atoms with E-state index in [0.29, 0.717) is 6.42 Å². The minimum Gasteiger partial charge on any atom is -0.297 e. The Hall–Kier alpha value is -0.180. The standard InChI is InChI=1S/C13H21F2N/c1-10(2)6-12-4-3-5-16(12)9-11(7-12)8-13(11,14)15/h10H,3-9H2,1-2H3/t11-,12+/m0/s1/i5D2,6D2. The molecule has 92 valence electrons. The zero-order chi connectivity index (χ0) is 15.2. The van der Waals surface area contributed by atoms with Crippen LogP contribution in [0.15, 0.2) is 0 Å². The van der Waals surface area contributed by atoms with Crippen molar-refractivity contribution < 1.29 is 14.3 Å². The van der Waals surface area contributed by atoms with Gasteiger partial charge in [-0.1, -0.05) is 13.8 Å². The first kappa shape index (κ1) is 7.30. The fourth-order valence-corrected chi connectivity index (χ4v) is 3.48. The molecule has 3 rings (SSSR count). The van der Waals surface area contributed by atoms with E-state index in [4.69, 9.17) is 5.48 Å². The van der Waals surface area contributed by atoms with Crippen molar-refractivity contribution in [1.29, 1.82) is 0 Å². The highest BCUT2D eigenvalue weighted by molar-refractivity contribution is 5.22. The highest BCUT2D eigenvalue weighted by Crippen LogP contribution is 2.70. The van der Waals surface area contributed by atoms with Crippen molar-refractivity contribution in [2.45, 2.75) is 57.4 Å². The first-order valence-corrected chi connectivity index (χ1v) is 6.06. The van der Waals surface area contributed by atoms with Crippen LogP contribution in [0.2, 0.25) is 0 Å². The third-order valence-corrected chi connectivity index (χ3v) is 4.22. The summed E-state index contributed by atoms with van der Waals surface area (Å²) < 4.78 is 60.5. The van der Waals surface area contributed by atoms with Gasteiger partial charge in [-0.15, -0.1) is 0 Å². The van der Waals surface area contributed by atoms with Gasteiger partial charge < -0.3 is 0 Å². The number of fused-ring (bicyclic) bond motifs is 1. The predicted molar refractivity (Wildman–Crippen MR) is 59.6 cm³/mol. The first-order valence-electron chi connectivity index (χ1n) is 8.06. The van der Waals surface area contributed by atoms with Crippen LogP contribution in [-0.4, -0.2) is 29.4 Å². The van der Waals surface area contributed by atoms with Crippen LogP contribution in [0.5, 0.6) is 0 Å². The molecule has 0 radical (unpaired) electrons. The average molecular weight is 233 g/mol. The summed E-state index contributed by atoms with van der Waals surface area (Å²) in [5.41, 5.74) is -2.27. The van der Waals surface area contributed by atoms with E-state index in [2.05, 4.69) is 0 Å². The van der Waals surface area contributed by atoms with Crippen molar-refractivity contribution in [2.24, 2.45) is 11.3 Å². The van der Waals surface area contributed by atoms with Crippen LogP contribution in [0, 0.1) is 11.3 Å². The molecule has 2 atom stereocenters. The van der Waals surface area contributed by atoms with Gasteiger partial charge in [-0.3, -0.25) is 4.90 Å². The monoisotopic (exact) mass is 233 g/mol. The van der Waals surface area contributed by atoms with Crippen LogP contribution in [0.3, 0.4) is 0 Å². The Morgan fingerprint density at radius 1 is 1.44 bits per heavy atom. The summed E-state index contributed by atoms with van der Waals surface area (Å²) in [5, 5.41) is 0. The van der Waals surface area contributed by atoms with Gasteiger partial charge in [0.05, 0.1) is 5.41 Å². The number of halogens is 2. The Morgan fingerprint density at radius 2 is 2.12 bits per heavy atom. The molecule has 2 aliphatic heterocycles. The lowest BCUT2D eigenvalue weighted by atomic mass is 9.82. The normalized spacial score (nSPS) is 53.3. The summed E-state index contributed by atoms with van der Waals surface area (Å²) in [4.78, 5) is 1.43. The molecule has 0 aromatic rings. The molecule has 2 saturated heterocycles. The van der Waals surface area contributed by atoms with Crippen LogP contribution >= 0.6 is 0 Å². The molecule has 2 heterocycles. The van der Waals surface area contributed by atoms with Crippen molar-refractivity contribution >= 4 is 0 Å². The molecule has 0 aromatic carbocycles. The van der Waals surface area contributed by atoms with Gasteiger partial charge in [0.25, 0.3) is 5.92 Å². The summed E-state index contributed by atoms with van der Waals surface area (Å²) in [6.07, 6.45) is -1.26. The lowest BCUT2D eigenvalue weighted by molar-refractivity contribution is 0.0654. The molecular weight excluding hydrogens is 208 g/mol. The summed E-state index contributed by atoms with van der Waals surface area (Å²) in [6.45, 7) is 1.80. The van der Waals surface area contributed by atoms with Crippen molar-refractivity contribution in [3.8, 4) is 0 Å². The SMILES string of the molecule is [2H]C1([2H])CC[C@@]2(C([2H])([2H])C(C)C)C[C@@]3(CN12)CC3(F)F. The number of nitrogens with zero attached hydrogens (tertiary/aromatic N) is 1. The van der Waals surface area contributed by atoms with Crippen LogP contribution in [0.1, 0.15) is 51.4 Å². The van der Waals surface area contributed by atoms with Crippen LogP contribution in [-0.2, 0) is 0 Å². The van der Waals surface area contributed by atoms with E-state index in [1.54, 1.807) is 13.8 Å². The summed E-state index contributed by atoms with van der Waals surface area (Å²) in [5.74, 6) is -3.09. The Bertz CT molecular complexity index is 454. The van der Waals surface area contributed by atoms with E-state index in [1.807, 2.05) is 0 Å². The lowest BCUT2D eigenvalue weighted by Gasteiger charge is -2.33. The van der Waals surface area contributed by atoms with E-state index < -0.39 is 29.7 Å². The van der Waals surface area contributed by atoms with E-state index in [-0.39, 0.29) is 31.7 Å². The second-order valence-electron chi connectivity index (χ2n) is 5.91. The van der Waals surface area contributed by atoms with E-state index >= 15 is 0 Å². The van der Waals surface area contributed by atoms with E-state index in [1.165, 1.54) is 4.90 Å². The molecule has 0 unspecified atom stereocenters. The molecule has 0 bridgehead atoms. The molecule has 1 nitrogen and oxygen atoms in total. The Labute approximate surface area is 102 Å². The fraction of sp³-hybridized carbons (Fsp3) is 1.00. The Balaban J connectivity index is 2.04. The molecule has 16 heavy (non-hydrogen) atoms. The molecule has 0 aromatic heterocycles. The molecule has 1 saturated carbocycles. The van der Waals surface area contributed by atoms with Crippen molar-refractivity contribution in [3.05, 3.63) is 0 Å². The summed E-state index contributed by atoms with van der Waals surface area (Å²) >= 11 is 0. The zero-order valence-electron chi connectivity index (χ0n) is 13.8. The molecule has 1 spiro atoms. The second-order valence-corrected chi connectivity index (χ2v) is 5.91. The van der Waals surface area contributed by atoms with Crippen LogP contribution in [0.25, 0.3) is 0 Å². The minimum absolute atomic E-state index is 0.0147. The average Bonchev–Trinajstić information content (AvgIpc) is 2.57. The highest BCUT2D eigenvalue weighted by atomic mass is 19.3. The predicted octanol–water partition coefficient (Wildman–Crippen LogP) is 3.30. The van der Waals surface area contributed by atoms with Crippen molar-refractivity contribution in [1.82, 2.24) is 4.90 Å². The second kappa shape index (κ2) is 2.98. The fourth-order valence-electron chi connectivity index (χ4n) is 3.48. The Morgan fingerprint density at radius 3 is 2.69 bits per heavy atom. The third kappa shape index (κ3) is 1.30. The van der Waals surface area contributed by atoms with Gasteiger partial charge in [-0.2, -0.15) is 0 Å². The largest absolute Gasteiger partial charge is 0.297 e. The third-order valence-electron chi connectivity index (χ3n) is 4.22. The number of rotatable bonds is 2. The minimum atomic E-state index is -2.76. The zero-order valence-corrected chi connectivity index (χ0v) is 9.82. The molecular formula is C13H21F2N.